The third-order valence-electron chi connectivity index (χ3n) is 10.0. The Morgan fingerprint density at radius 2 is 1.89 bits per heavy atom. The van der Waals surface area contributed by atoms with E-state index in [-0.39, 0.29) is 41.7 Å². The summed E-state index contributed by atoms with van der Waals surface area (Å²) in [5.74, 6) is 0.788. The summed E-state index contributed by atoms with van der Waals surface area (Å²) in [6, 6.07) is 3.76. The molecule has 0 aromatic heterocycles. The maximum absolute atomic E-state index is 13.3. The van der Waals surface area contributed by atoms with Crippen LogP contribution in [0, 0.1) is 17.8 Å². The summed E-state index contributed by atoms with van der Waals surface area (Å²) in [6.07, 6.45) is 7.60. The van der Waals surface area contributed by atoms with Crippen LogP contribution in [0.15, 0.2) is 24.3 Å². The summed E-state index contributed by atoms with van der Waals surface area (Å²) in [5, 5.41) is 12.3. The molecule has 1 unspecified atom stereocenters. The van der Waals surface area contributed by atoms with Gasteiger partial charge in [0.15, 0.2) is 23.4 Å². The van der Waals surface area contributed by atoms with Gasteiger partial charge in [-0.15, -0.1) is 0 Å². The standard InChI is InChI=1S/C30H36O6/c1-17(15-23(32)19-5-3-6-19)11-13-29-25-21-9-10-24(35-28(33)20-7-4-8-20)26(25)36-27(29)22(31)12-14-30(29,34)18(2)16-21/h9-10,18-20,27,34H,1,3-8,11-16H2,2H3/t18-,27?,29+,30-/m1/s1. The molecule has 0 saturated heterocycles. The Balaban J connectivity index is 1.36. The van der Waals surface area contributed by atoms with E-state index in [4.69, 9.17) is 9.47 Å². The maximum atomic E-state index is 13.3. The number of aliphatic hydroxyl groups is 1. The van der Waals surface area contributed by atoms with E-state index < -0.39 is 17.1 Å². The summed E-state index contributed by atoms with van der Waals surface area (Å²) < 4.78 is 12.2. The lowest BCUT2D eigenvalue weighted by atomic mass is 9.49. The Morgan fingerprint density at radius 3 is 2.56 bits per heavy atom. The van der Waals surface area contributed by atoms with Crippen LogP contribution in [0.25, 0.3) is 0 Å². The van der Waals surface area contributed by atoms with Crippen molar-refractivity contribution in [3.05, 3.63) is 35.4 Å². The van der Waals surface area contributed by atoms with E-state index in [1.165, 1.54) is 0 Å². The number of benzene rings is 1. The predicted molar refractivity (Wildman–Crippen MR) is 133 cm³/mol. The average molecular weight is 493 g/mol. The quantitative estimate of drug-likeness (QED) is 0.319. The molecule has 5 aliphatic rings. The Bertz CT molecular complexity index is 1140. The van der Waals surface area contributed by atoms with Gasteiger partial charge in [-0.1, -0.05) is 38.0 Å². The average Bonchev–Trinajstić information content (AvgIpc) is 3.12. The molecule has 1 aromatic rings. The van der Waals surface area contributed by atoms with Gasteiger partial charge in [-0.25, -0.2) is 0 Å². The molecule has 192 valence electrons. The van der Waals surface area contributed by atoms with Gasteiger partial charge in [0.25, 0.3) is 0 Å². The molecule has 3 fully saturated rings. The lowest BCUT2D eigenvalue weighted by molar-refractivity contribution is -0.164. The van der Waals surface area contributed by atoms with Crippen LogP contribution < -0.4 is 9.47 Å². The number of Topliss-reactive ketones (excluding diaryl/α,β-unsaturated/α-hetero) is 2. The highest BCUT2D eigenvalue weighted by Crippen LogP contribution is 2.64. The number of rotatable bonds is 8. The highest BCUT2D eigenvalue weighted by Gasteiger charge is 2.69. The number of ether oxygens (including phenoxy) is 2. The van der Waals surface area contributed by atoms with Crippen molar-refractivity contribution in [3.63, 3.8) is 0 Å². The predicted octanol–water partition coefficient (Wildman–Crippen LogP) is 4.77. The first-order chi connectivity index (χ1) is 17.2. The van der Waals surface area contributed by atoms with Crippen LogP contribution in [-0.4, -0.2) is 34.3 Å². The van der Waals surface area contributed by atoms with Crippen LogP contribution in [0.4, 0.5) is 0 Å². The number of carbonyl (C=O) groups is 3. The van der Waals surface area contributed by atoms with Crippen molar-refractivity contribution < 1.29 is 29.0 Å². The number of ketones is 2. The Labute approximate surface area is 212 Å². The second-order valence-corrected chi connectivity index (χ2v) is 12.0. The topological polar surface area (TPSA) is 89.9 Å². The van der Waals surface area contributed by atoms with Crippen LogP contribution in [0.1, 0.15) is 88.7 Å². The molecule has 36 heavy (non-hydrogen) atoms. The summed E-state index contributed by atoms with van der Waals surface area (Å²) >= 11 is 0. The van der Waals surface area contributed by atoms with E-state index in [0.29, 0.717) is 43.6 Å². The minimum absolute atomic E-state index is 0.0247. The fraction of sp³-hybridized carbons (Fsp3) is 0.633. The van der Waals surface area contributed by atoms with Crippen molar-refractivity contribution in [2.24, 2.45) is 17.8 Å². The summed E-state index contributed by atoms with van der Waals surface area (Å²) in [5.41, 5.74) is 0.651. The number of allylic oxidation sites excluding steroid dienone is 1. The zero-order chi connectivity index (χ0) is 25.2. The molecule has 0 spiro atoms. The SMILES string of the molecule is C=C(CC[C@]12c3c4ccc(OC(=O)C5CCC5)c3OC1C(=O)CC[C@@]2(O)[C@H](C)C4)CC(=O)C1CCC1. The highest BCUT2D eigenvalue weighted by molar-refractivity contribution is 5.90. The van der Waals surface area contributed by atoms with Crippen LogP contribution in [0.2, 0.25) is 0 Å². The fourth-order valence-corrected chi connectivity index (χ4v) is 7.34. The van der Waals surface area contributed by atoms with E-state index in [2.05, 4.69) is 13.5 Å². The van der Waals surface area contributed by atoms with E-state index >= 15 is 0 Å². The van der Waals surface area contributed by atoms with Crippen molar-refractivity contribution >= 4 is 17.5 Å². The first kappa shape index (κ1) is 23.9. The lowest BCUT2D eigenvalue weighted by Gasteiger charge is -2.56. The van der Waals surface area contributed by atoms with Crippen molar-refractivity contribution in [2.75, 3.05) is 0 Å². The van der Waals surface area contributed by atoms with Crippen molar-refractivity contribution in [2.45, 2.75) is 101 Å². The summed E-state index contributed by atoms with van der Waals surface area (Å²) in [4.78, 5) is 38.6. The smallest absolute Gasteiger partial charge is 0.314 e. The lowest BCUT2D eigenvalue weighted by Crippen LogP contribution is -2.67. The second-order valence-electron chi connectivity index (χ2n) is 12.0. The van der Waals surface area contributed by atoms with Gasteiger partial charge >= 0.3 is 5.97 Å². The molecule has 1 heterocycles. The minimum Gasteiger partial charge on any atom is -0.477 e. The summed E-state index contributed by atoms with van der Waals surface area (Å²) in [6.45, 7) is 6.26. The largest absolute Gasteiger partial charge is 0.477 e. The maximum Gasteiger partial charge on any atom is 0.314 e. The van der Waals surface area contributed by atoms with Gasteiger partial charge in [-0.3, -0.25) is 14.4 Å². The van der Waals surface area contributed by atoms with E-state index in [0.717, 1.165) is 55.2 Å². The zero-order valence-electron chi connectivity index (χ0n) is 21.1. The van der Waals surface area contributed by atoms with Crippen molar-refractivity contribution in [1.82, 2.24) is 0 Å². The Hall–Kier alpha value is -2.47. The second kappa shape index (κ2) is 8.54. The summed E-state index contributed by atoms with van der Waals surface area (Å²) in [7, 11) is 0. The fourth-order valence-electron chi connectivity index (χ4n) is 7.34. The molecule has 6 nitrogen and oxygen atoms in total. The van der Waals surface area contributed by atoms with Crippen molar-refractivity contribution in [1.29, 1.82) is 0 Å². The number of hydrogen-bond donors (Lipinski definition) is 1. The number of esters is 1. The first-order valence-electron chi connectivity index (χ1n) is 13.7. The molecule has 3 saturated carbocycles. The first-order valence-corrected chi connectivity index (χ1v) is 13.7. The van der Waals surface area contributed by atoms with Gasteiger partial charge in [-0.2, -0.15) is 0 Å². The Kier molecular flexibility index (Phi) is 5.67. The normalized spacial score (nSPS) is 32.7. The van der Waals surface area contributed by atoms with Crippen LogP contribution >= 0.6 is 0 Å². The molecule has 6 rings (SSSR count). The third kappa shape index (κ3) is 3.36. The van der Waals surface area contributed by atoms with Gasteiger partial charge in [0, 0.05) is 24.3 Å². The molecular weight excluding hydrogens is 456 g/mol. The molecule has 4 atom stereocenters. The third-order valence-corrected chi connectivity index (χ3v) is 10.0. The molecule has 0 bridgehead atoms. The monoisotopic (exact) mass is 492 g/mol. The molecule has 0 radical (unpaired) electrons. The highest BCUT2D eigenvalue weighted by atomic mass is 16.6. The molecule has 6 heteroatoms. The van der Waals surface area contributed by atoms with Crippen LogP contribution in [-0.2, 0) is 26.2 Å². The van der Waals surface area contributed by atoms with Crippen molar-refractivity contribution in [3.8, 4) is 11.5 Å². The van der Waals surface area contributed by atoms with Gasteiger partial charge in [0.2, 0.25) is 0 Å². The minimum atomic E-state index is -1.13. The van der Waals surface area contributed by atoms with Gasteiger partial charge in [0.05, 0.1) is 16.9 Å². The van der Waals surface area contributed by atoms with Gasteiger partial charge in [-0.05, 0) is 68.9 Å². The molecule has 1 aliphatic heterocycles. The van der Waals surface area contributed by atoms with Gasteiger partial charge in [0.1, 0.15) is 5.78 Å². The van der Waals surface area contributed by atoms with Crippen LogP contribution in [0.3, 0.4) is 0 Å². The number of carbonyl (C=O) groups excluding carboxylic acids is 3. The Morgan fingerprint density at radius 1 is 1.17 bits per heavy atom. The van der Waals surface area contributed by atoms with Gasteiger partial charge < -0.3 is 14.6 Å². The van der Waals surface area contributed by atoms with E-state index in [1.807, 2.05) is 6.07 Å². The molecule has 1 N–H and O–H groups in total. The number of hydrogen-bond acceptors (Lipinski definition) is 6. The van der Waals surface area contributed by atoms with E-state index in [9.17, 15) is 19.5 Å². The van der Waals surface area contributed by atoms with E-state index in [1.54, 1.807) is 6.07 Å². The van der Waals surface area contributed by atoms with Crippen LogP contribution in [0.5, 0.6) is 11.5 Å². The molecule has 4 aliphatic carbocycles. The molecular formula is C30H36O6. The zero-order valence-corrected chi connectivity index (χ0v) is 21.1. The molecule has 1 aromatic carbocycles. The molecule has 0 amide bonds.